The molecule has 0 radical (unpaired) electrons. The SMILES string of the molecule is C[C@@H](OC(=O)[C@@H]1CC(=O)N(CCc2ccccc2)C1)C(N)=O. The summed E-state index contributed by atoms with van der Waals surface area (Å²) in [5.74, 6) is -1.82. The molecule has 2 amide bonds. The van der Waals surface area contributed by atoms with Crippen molar-refractivity contribution in [1.29, 1.82) is 0 Å². The first kappa shape index (κ1) is 16.0. The zero-order valence-corrected chi connectivity index (χ0v) is 12.5. The van der Waals surface area contributed by atoms with Crippen LogP contribution in [0.15, 0.2) is 30.3 Å². The highest BCUT2D eigenvalue weighted by Gasteiger charge is 2.36. The molecule has 2 N–H and O–H groups in total. The molecular formula is C16H20N2O4. The van der Waals surface area contributed by atoms with E-state index in [1.54, 1.807) is 4.90 Å². The van der Waals surface area contributed by atoms with Gasteiger partial charge in [-0.2, -0.15) is 0 Å². The molecule has 2 rings (SSSR count). The lowest BCUT2D eigenvalue weighted by molar-refractivity contribution is -0.157. The van der Waals surface area contributed by atoms with E-state index in [1.165, 1.54) is 6.92 Å². The van der Waals surface area contributed by atoms with Crippen molar-refractivity contribution >= 4 is 17.8 Å². The molecule has 118 valence electrons. The summed E-state index contributed by atoms with van der Waals surface area (Å²) < 4.78 is 4.96. The fourth-order valence-electron chi connectivity index (χ4n) is 2.38. The first-order chi connectivity index (χ1) is 10.5. The minimum atomic E-state index is -0.971. The molecule has 1 aliphatic heterocycles. The Hall–Kier alpha value is -2.37. The number of hydrogen-bond donors (Lipinski definition) is 1. The normalized spacial score (nSPS) is 19.0. The lowest BCUT2D eigenvalue weighted by Gasteiger charge is -2.17. The van der Waals surface area contributed by atoms with E-state index in [-0.39, 0.29) is 12.3 Å². The smallest absolute Gasteiger partial charge is 0.312 e. The summed E-state index contributed by atoms with van der Waals surface area (Å²) >= 11 is 0. The highest BCUT2D eigenvalue weighted by atomic mass is 16.5. The first-order valence-electron chi connectivity index (χ1n) is 7.29. The molecule has 1 aliphatic rings. The van der Waals surface area contributed by atoms with Crippen LogP contribution in [0.1, 0.15) is 18.9 Å². The Morgan fingerprint density at radius 2 is 2.05 bits per heavy atom. The molecule has 6 nitrogen and oxygen atoms in total. The zero-order chi connectivity index (χ0) is 16.1. The molecular weight excluding hydrogens is 284 g/mol. The van der Waals surface area contributed by atoms with Gasteiger partial charge in [0.1, 0.15) is 0 Å². The van der Waals surface area contributed by atoms with Crippen LogP contribution in [0, 0.1) is 5.92 Å². The van der Waals surface area contributed by atoms with Crippen LogP contribution in [0.2, 0.25) is 0 Å². The highest BCUT2D eigenvalue weighted by molar-refractivity contribution is 5.88. The summed E-state index contributed by atoms with van der Waals surface area (Å²) in [7, 11) is 0. The largest absolute Gasteiger partial charge is 0.452 e. The van der Waals surface area contributed by atoms with Gasteiger partial charge in [0.05, 0.1) is 5.92 Å². The van der Waals surface area contributed by atoms with Crippen LogP contribution < -0.4 is 5.73 Å². The minimum Gasteiger partial charge on any atom is -0.452 e. The number of carbonyl (C=O) groups is 3. The van der Waals surface area contributed by atoms with Gasteiger partial charge in [-0.1, -0.05) is 30.3 Å². The molecule has 0 aliphatic carbocycles. The van der Waals surface area contributed by atoms with Gasteiger partial charge < -0.3 is 15.4 Å². The number of nitrogens with zero attached hydrogens (tertiary/aromatic N) is 1. The Labute approximate surface area is 129 Å². The molecule has 0 bridgehead atoms. The van der Waals surface area contributed by atoms with Crippen molar-refractivity contribution in [2.24, 2.45) is 11.7 Å². The van der Waals surface area contributed by atoms with Gasteiger partial charge in [0, 0.05) is 19.5 Å². The lowest BCUT2D eigenvalue weighted by atomic mass is 10.1. The Morgan fingerprint density at radius 3 is 2.68 bits per heavy atom. The summed E-state index contributed by atoms with van der Waals surface area (Å²) in [6.45, 7) is 2.32. The first-order valence-corrected chi connectivity index (χ1v) is 7.29. The van der Waals surface area contributed by atoms with Crippen LogP contribution in [-0.2, 0) is 25.5 Å². The van der Waals surface area contributed by atoms with Crippen LogP contribution in [0.5, 0.6) is 0 Å². The fraction of sp³-hybridized carbons (Fsp3) is 0.438. The topological polar surface area (TPSA) is 89.7 Å². The predicted molar refractivity (Wildman–Crippen MR) is 79.6 cm³/mol. The van der Waals surface area contributed by atoms with Gasteiger partial charge in [0.25, 0.3) is 5.91 Å². The van der Waals surface area contributed by atoms with Crippen molar-refractivity contribution in [3.8, 4) is 0 Å². The monoisotopic (exact) mass is 304 g/mol. The number of esters is 1. The molecule has 0 spiro atoms. The number of primary amides is 1. The maximum absolute atomic E-state index is 12.0. The van der Waals surface area contributed by atoms with Gasteiger partial charge in [-0.15, -0.1) is 0 Å². The standard InChI is InChI=1S/C16H20N2O4/c1-11(15(17)20)22-16(21)13-9-14(19)18(10-13)8-7-12-5-3-2-4-6-12/h2-6,11,13H,7-10H2,1H3,(H2,17,20)/t11-,13-/m1/s1. The van der Waals surface area contributed by atoms with E-state index in [0.717, 1.165) is 12.0 Å². The molecule has 22 heavy (non-hydrogen) atoms. The number of nitrogens with two attached hydrogens (primary N) is 1. The maximum atomic E-state index is 12.0. The van der Waals surface area contributed by atoms with Crippen LogP contribution in [0.25, 0.3) is 0 Å². The molecule has 0 unspecified atom stereocenters. The third-order valence-corrected chi connectivity index (χ3v) is 3.75. The van der Waals surface area contributed by atoms with E-state index in [0.29, 0.717) is 13.1 Å². The average molecular weight is 304 g/mol. The van der Waals surface area contributed by atoms with E-state index < -0.39 is 23.9 Å². The fourth-order valence-corrected chi connectivity index (χ4v) is 2.38. The zero-order valence-electron chi connectivity index (χ0n) is 12.5. The second kappa shape index (κ2) is 7.06. The van der Waals surface area contributed by atoms with Crippen molar-refractivity contribution in [1.82, 2.24) is 4.90 Å². The number of hydrogen-bond acceptors (Lipinski definition) is 4. The van der Waals surface area contributed by atoms with Crippen molar-refractivity contribution in [2.45, 2.75) is 25.9 Å². The van der Waals surface area contributed by atoms with Crippen molar-refractivity contribution < 1.29 is 19.1 Å². The molecule has 0 aromatic heterocycles. The lowest BCUT2D eigenvalue weighted by Crippen LogP contribution is -2.34. The van der Waals surface area contributed by atoms with Gasteiger partial charge in [-0.05, 0) is 18.9 Å². The van der Waals surface area contributed by atoms with Crippen molar-refractivity contribution in [2.75, 3.05) is 13.1 Å². The van der Waals surface area contributed by atoms with Crippen LogP contribution in [0.3, 0.4) is 0 Å². The molecule has 1 saturated heterocycles. The van der Waals surface area contributed by atoms with Gasteiger partial charge in [-0.3, -0.25) is 14.4 Å². The third-order valence-electron chi connectivity index (χ3n) is 3.75. The van der Waals surface area contributed by atoms with E-state index in [1.807, 2.05) is 30.3 Å². The van der Waals surface area contributed by atoms with Gasteiger partial charge in [-0.25, -0.2) is 0 Å². The Bertz CT molecular complexity index is 559. The van der Waals surface area contributed by atoms with E-state index in [9.17, 15) is 14.4 Å². The minimum absolute atomic E-state index is 0.0652. The second-order valence-corrected chi connectivity index (χ2v) is 5.46. The molecule has 2 atom stereocenters. The Kier molecular flexibility index (Phi) is 5.14. The number of carbonyl (C=O) groups excluding carboxylic acids is 3. The number of likely N-dealkylation sites (tertiary alicyclic amines) is 1. The van der Waals surface area contributed by atoms with E-state index >= 15 is 0 Å². The van der Waals surface area contributed by atoms with Crippen LogP contribution >= 0.6 is 0 Å². The predicted octanol–water partition coefficient (Wildman–Crippen LogP) is 0.495. The summed E-state index contributed by atoms with van der Waals surface area (Å²) in [5, 5.41) is 0. The van der Waals surface area contributed by atoms with Gasteiger partial charge >= 0.3 is 5.97 Å². The molecule has 0 saturated carbocycles. The Balaban J connectivity index is 1.85. The van der Waals surface area contributed by atoms with E-state index in [2.05, 4.69) is 0 Å². The summed E-state index contributed by atoms with van der Waals surface area (Å²) in [5.41, 5.74) is 6.20. The highest BCUT2D eigenvalue weighted by Crippen LogP contribution is 2.20. The third kappa shape index (κ3) is 4.07. The molecule has 1 aromatic rings. The number of rotatable bonds is 6. The van der Waals surface area contributed by atoms with Gasteiger partial charge in [0.15, 0.2) is 6.10 Å². The van der Waals surface area contributed by atoms with Crippen molar-refractivity contribution in [3.05, 3.63) is 35.9 Å². The van der Waals surface area contributed by atoms with Crippen LogP contribution in [-0.4, -0.2) is 41.9 Å². The number of ether oxygens (including phenoxy) is 1. The number of benzene rings is 1. The Morgan fingerprint density at radius 1 is 1.36 bits per heavy atom. The molecule has 1 heterocycles. The summed E-state index contributed by atoms with van der Waals surface area (Å²) in [6, 6.07) is 9.84. The van der Waals surface area contributed by atoms with Crippen molar-refractivity contribution in [3.63, 3.8) is 0 Å². The molecule has 6 heteroatoms. The number of amides is 2. The summed E-state index contributed by atoms with van der Waals surface area (Å²) in [6.07, 6.45) is -0.105. The second-order valence-electron chi connectivity index (χ2n) is 5.46. The molecule has 1 fully saturated rings. The maximum Gasteiger partial charge on any atom is 0.312 e. The summed E-state index contributed by atoms with van der Waals surface area (Å²) in [4.78, 5) is 36.4. The van der Waals surface area contributed by atoms with E-state index in [4.69, 9.17) is 10.5 Å². The molecule has 1 aromatic carbocycles. The van der Waals surface area contributed by atoms with Crippen LogP contribution in [0.4, 0.5) is 0 Å². The average Bonchev–Trinajstić information content (AvgIpc) is 2.87. The van der Waals surface area contributed by atoms with Gasteiger partial charge in [0.2, 0.25) is 5.91 Å². The quantitative estimate of drug-likeness (QED) is 0.775.